The first-order valence-corrected chi connectivity index (χ1v) is 12.3. The number of nitrogens with one attached hydrogen (secondary N) is 1. The lowest BCUT2D eigenvalue weighted by Crippen LogP contribution is -2.46. The number of allylic oxidation sites excluding steroid dienone is 2. The van der Waals surface area contributed by atoms with Crippen LogP contribution in [0.25, 0.3) is 0 Å². The molecule has 3 aromatic carbocycles. The summed E-state index contributed by atoms with van der Waals surface area (Å²) in [6.45, 7) is 0.530. The molecular formula is C30H27ClN2O2. The van der Waals surface area contributed by atoms with Crippen molar-refractivity contribution in [3.63, 3.8) is 0 Å². The first-order valence-electron chi connectivity index (χ1n) is 11.9. The van der Waals surface area contributed by atoms with Crippen molar-refractivity contribution in [2.24, 2.45) is 5.92 Å². The number of benzene rings is 3. The third-order valence-electron chi connectivity index (χ3n) is 6.88. The zero-order valence-corrected chi connectivity index (χ0v) is 20.0. The van der Waals surface area contributed by atoms with Gasteiger partial charge in [0.15, 0.2) is 5.78 Å². The fourth-order valence-corrected chi connectivity index (χ4v) is 5.39. The topological polar surface area (TPSA) is 49.4 Å². The molecule has 0 saturated carbocycles. The number of halogens is 1. The minimum Gasteiger partial charge on any atom is -0.358 e. The number of ketones is 1. The predicted molar refractivity (Wildman–Crippen MR) is 139 cm³/mol. The maximum atomic E-state index is 13.9. The Kier molecular flexibility index (Phi) is 6.82. The van der Waals surface area contributed by atoms with Gasteiger partial charge in [-0.2, -0.15) is 0 Å². The number of amides is 1. The largest absolute Gasteiger partial charge is 0.358 e. The fraction of sp³-hybridized carbons (Fsp3) is 0.200. The number of nitrogens with zero attached hydrogens (tertiary/aromatic N) is 1. The van der Waals surface area contributed by atoms with Gasteiger partial charge in [-0.15, -0.1) is 0 Å². The standard InChI is InChI=1S/C30H27ClN2O2/c31-24-16-14-22(15-17-24)26-27(29(34)23-11-5-2-6-12-23)25-13-7-8-20-33(25)28(26)30(35)32-19-18-21-9-3-1-4-10-21/h1-17,20,25-28H,18-19H2,(H,32,35)/t25-,26+,27+,28-/m1/s1. The molecule has 0 unspecified atom stereocenters. The van der Waals surface area contributed by atoms with Crippen molar-refractivity contribution in [3.8, 4) is 0 Å². The molecule has 35 heavy (non-hydrogen) atoms. The summed E-state index contributed by atoms with van der Waals surface area (Å²) in [5, 5.41) is 3.76. The Balaban J connectivity index is 1.49. The second kappa shape index (κ2) is 10.3. The fourth-order valence-electron chi connectivity index (χ4n) is 5.27. The van der Waals surface area contributed by atoms with Crippen LogP contribution in [0.5, 0.6) is 0 Å². The lowest BCUT2D eigenvalue weighted by molar-refractivity contribution is -0.125. The van der Waals surface area contributed by atoms with Gasteiger partial charge in [0, 0.05) is 29.2 Å². The summed E-state index contributed by atoms with van der Waals surface area (Å²) in [5.74, 6) is -0.770. The summed E-state index contributed by atoms with van der Waals surface area (Å²) in [4.78, 5) is 29.6. The van der Waals surface area contributed by atoms with E-state index in [1.54, 1.807) is 0 Å². The maximum absolute atomic E-state index is 13.9. The van der Waals surface area contributed by atoms with Crippen molar-refractivity contribution in [2.75, 3.05) is 6.54 Å². The highest BCUT2D eigenvalue weighted by Gasteiger charge is 2.53. The third kappa shape index (κ3) is 4.80. The van der Waals surface area contributed by atoms with Crippen LogP contribution in [-0.4, -0.2) is 35.2 Å². The van der Waals surface area contributed by atoms with Crippen LogP contribution in [0.1, 0.15) is 27.4 Å². The minimum absolute atomic E-state index is 0.0417. The number of carbonyl (C=O) groups excluding carboxylic acids is 2. The Morgan fingerprint density at radius 2 is 1.54 bits per heavy atom. The second-order valence-corrected chi connectivity index (χ2v) is 9.41. The van der Waals surface area contributed by atoms with Gasteiger partial charge in [0.25, 0.3) is 0 Å². The van der Waals surface area contributed by atoms with Crippen LogP contribution in [0.4, 0.5) is 0 Å². The third-order valence-corrected chi connectivity index (χ3v) is 7.13. The van der Waals surface area contributed by atoms with Gasteiger partial charge in [0.2, 0.25) is 5.91 Å². The van der Waals surface area contributed by atoms with Crippen molar-refractivity contribution in [2.45, 2.75) is 24.4 Å². The van der Waals surface area contributed by atoms with Gasteiger partial charge in [-0.3, -0.25) is 9.59 Å². The zero-order valence-electron chi connectivity index (χ0n) is 19.3. The van der Waals surface area contributed by atoms with Crippen LogP contribution in [0.2, 0.25) is 5.02 Å². The first-order chi connectivity index (χ1) is 17.1. The first kappa shape index (κ1) is 23.1. The molecule has 4 nitrogen and oxygen atoms in total. The van der Waals surface area contributed by atoms with Gasteiger partial charge < -0.3 is 10.2 Å². The predicted octanol–water partition coefficient (Wildman–Crippen LogP) is 5.42. The molecule has 0 aromatic heterocycles. The van der Waals surface area contributed by atoms with Crippen LogP contribution in [-0.2, 0) is 11.2 Å². The number of hydrogen-bond donors (Lipinski definition) is 1. The molecule has 176 valence electrons. The molecule has 1 saturated heterocycles. The minimum atomic E-state index is -0.518. The van der Waals surface area contributed by atoms with E-state index in [0.29, 0.717) is 17.1 Å². The molecule has 0 bridgehead atoms. The van der Waals surface area contributed by atoms with E-state index in [0.717, 1.165) is 12.0 Å². The molecule has 1 amide bonds. The van der Waals surface area contributed by atoms with Crippen molar-refractivity contribution in [1.82, 2.24) is 10.2 Å². The summed E-state index contributed by atoms with van der Waals surface area (Å²) in [7, 11) is 0. The molecule has 2 aliphatic rings. The Bertz CT molecular complexity index is 1240. The van der Waals surface area contributed by atoms with E-state index in [2.05, 4.69) is 17.4 Å². The summed E-state index contributed by atoms with van der Waals surface area (Å²) >= 11 is 6.18. The van der Waals surface area contributed by atoms with Crippen molar-refractivity contribution in [1.29, 1.82) is 0 Å². The molecule has 0 spiro atoms. The van der Waals surface area contributed by atoms with Crippen molar-refractivity contribution >= 4 is 23.3 Å². The van der Waals surface area contributed by atoms with Gasteiger partial charge >= 0.3 is 0 Å². The van der Waals surface area contributed by atoms with E-state index in [9.17, 15) is 9.59 Å². The molecule has 0 radical (unpaired) electrons. The van der Waals surface area contributed by atoms with Crippen LogP contribution in [0, 0.1) is 5.92 Å². The number of hydrogen-bond acceptors (Lipinski definition) is 3. The average molecular weight is 483 g/mol. The normalized spacial score (nSPS) is 22.6. The van der Waals surface area contributed by atoms with Gasteiger partial charge in [0.05, 0.1) is 12.0 Å². The van der Waals surface area contributed by atoms with Crippen LogP contribution >= 0.6 is 11.6 Å². The van der Waals surface area contributed by atoms with Gasteiger partial charge in [-0.25, -0.2) is 0 Å². The second-order valence-electron chi connectivity index (χ2n) is 8.97. The lowest BCUT2D eigenvalue weighted by Gasteiger charge is -2.30. The van der Waals surface area contributed by atoms with Gasteiger partial charge in [0.1, 0.15) is 6.04 Å². The Morgan fingerprint density at radius 3 is 2.26 bits per heavy atom. The van der Waals surface area contributed by atoms with E-state index < -0.39 is 12.0 Å². The van der Waals surface area contributed by atoms with Crippen LogP contribution in [0.3, 0.4) is 0 Å². The van der Waals surface area contributed by atoms with Gasteiger partial charge in [-0.05, 0) is 35.8 Å². The smallest absolute Gasteiger partial charge is 0.243 e. The Hall–Kier alpha value is -3.63. The molecule has 1 fully saturated rings. The monoisotopic (exact) mass is 482 g/mol. The van der Waals surface area contributed by atoms with E-state index in [1.807, 2.05) is 102 Å². The van der Waals surface area contributed by atoms with E-state index >= 15 is 0 Å². The summed E-state index contributed by atoms with van der Waals surface area (Å²) < 4.78 is 0. The lowest BCUT2D eigenvalue weighted by atomic mass is 9.77. The summed E-state index contributed by atoms with van der Waals surface area (Å²) in [5.41, 5.74) is 2.76. The number of fused-ring (bicyclic) bond motifs is 1. The SMILES string of the molecule is O=C(c1ccccc1)[C@@H]1[C@H](c2ccc(Cl)cc2)[C@H](C(=O)NCCc2ccccc2)N2C=CC=C[C@H]12. The number of rotatable bonds is 7. The van der Waals surface area contributed by atoms with E-state index in [4.69, 9.17) is 11.6 Å². The highest BCUT2D eigenvalue weighted by atomic mass is 35.5. The molecule has 3 aromatic rings. The summed E-state index contributed by atoms with van der Waals surface area (Å²) in [6.07, 6.45) is 8.60. The molecule has 0 aliphatic carbocycles. The molecular weight excluding hydrogens is 456 g/mol. The molecule has 1 N–H and O–H groups in total. The quantitative estimate of drug-likeness (QED) is 0.457. The highest BCUT2D eigenvalue weighted by molar-refractivity contribution is 6.30. The summed E-state index contributed by atoms with van der Waals surface area (Å²) in [6, 6.07) is 26.3. The average Bonchev–Trinajstić information content (AvgIpc) is 3.25. The van der Waals surface area contributed by atoms with Crippen LogP contribution in [0.15, 0.2) is 109 Å². The van der Waals surface area contributed by atoms with E-state index in [-0.39, 0.29) is 23.7 Å². The number of carbonyl (C=O) groups is 2. The Morgan fingerprint density at radius 1 is 0.857 bits per heavy atom. The number of Topliss-reactive ketones (excluding diaryl/α,β-unsaturated/α-hetero) is 1. The molecule has 5 rings (SSSR count). The molecule has 4 atom stereocenters. The molecule has 2 heterocycles. The van der Waals surface area contributed by atoms with Gasteiger partial charge in [-0.1, -0.05) is 96.5 Å². The molecule has 5 heteroatoms. The van der Waals surface area contributed by atoms with Crippen LogP contribution < -0.4 is 5.32 Å². The zero-order chi connectivity index (χ0) is 24.2. The Labute approximate surface area is 210 Å². The van der Waals surface area contributed by atoms with Crippen molar-refractivity contribution < 1.29 is 9.59 Å². The maximum Gasteiger partial charge on any atom is 0.243 e. The van der Waals surface area contributed by atoms with E-state index in [1.165, 1.54) is 5.56 Å². The molecule has 2 aliphatic heterocycles. The highest BCUT2D eigenvalue weighted by Crippen LogP contribution is 2.46. The van der Waals surface area contributed by atoms with Crippen molar-refractivity contribution in [3.05, 3.63) is 131 Å².